The van der Waals surface area contributed by atoms with E-state index in [0.29, 0.717) is 35.8 Å². The molecule has 1 amide bonds. The highest BCUT2D eigenvalue weighted by molar-refractivity contribution is 6.30. The largest absolute Gasteiger partial charge is 0.330 e. The molecule has 10 heteroatoms. The Morgan fingerprint density at radius 2 is 2.03 bits per heavy atom. The lowest BCUT2D eigenvalue weighted by molar-refractivity contribution is -0.116. The molecule has 2 aromatic heterocycles. The first-order chi connectivity index (χ1) is 15.2. The Balaban J connectivity index is 1.91. The Kier molecular flexibility index (Phi) is 7.50. The molecule has 2 heterocycles. The summed E-state index contributed by atoms with van der Waals surface area (Å²) in [4.78, 5) is 44.4. The number of fused-ring (bicyclic) bond motifs is 1. The Morgan fingerprint density at radius 3 is 2.69 bits per heavy atom. The minimum Gasteiger partial charge on any atom is -0.326 e. The van der Waals surface area contributed by atoms with Gasteiger partial charge in [0.05, 0.1) is 5.02 Å². The highest BCUT2D eigenvalue weighted by Gasteiger charge is 2.20. The number of imidazole rings is 1. The highest BCUT2D eigenvalue weighted by Crippen LogP contribution is 2.20. The molecule has 0 saturated carbocycles. The van der Waals surface area contributed by atoms with E-state index in [1.165, 1.54) is 16.7 Å². The van der Waals surface area contributed by atoms with E-state index < -0.39 is 17.1 Å². The summed E-state index contributed by atoms with van der Waals surface area (Å²) >= 11 is 5.67. The van der Waals surface area contributed by atoms with Crippen molar-refractivity contribution in [2.45, 2.75) is 59.5 Å². The molecule has 3 aromatic rings. The standard InChI is InChI=1S/C22H27ClFN5O3/c1-4-5-10-28-20-19(21(31)27-22(28)32)29(12-13(2)3)17(26-20)8-9-18(30)25-14-6-7-15(23)16(24)11-14/h6-7,11,13H,4-5,8-10,12H2,1-3H3,(H,25,30)(H,27,31,32). The first-order valence-corrected chi connectivity index (χ1v) is 11.1. The first-order valence-electron chi connectivity index (χ1n) is 10.7. The number of rotatable bonds is 9. The number of carbonyl (C=O) groups excluding carboxylic acids is 1. The summed E-state index contributed by atoms with van der Waals surface area (Å²) in [5.74, 6) is -0.181. The summed E-state index contributed by atoms with van der Waals surface area (Å²) in [5.41, 5.74) is 0.00231. The van der Waals surface area contributed by atoms with E-state index in [2.05, 4.69) is 15.3 Å². The van der Waals surface area contributed by atoms with Gasteiger partial charge in [0.1, 0.15) is 11.6 Å². The van der Waals surface area contributed by atoms with Crippen molar-refractivity contribution >= 4 is 34.4 Å². The molecule has 0 radical (unpaired) electrons. The SMILES string of the molecule is CCCCn1c(=O)[nH]c(=O)c2c1nc(CCC(=O)Nc1ccc(Cl)c(F)c1)n2CC(C)C. The van der Waals surface area contributed by atoms with E-state index >= 15 is 0 Å². The number of amides is 1. The van der Waals surface area contributed by atoms with Gasteiger partial charge in [-0.05, 0) is 30.5 Å². The zero-order valence-electron chi connectivity index (χ0n) is 18.4. The van der Waals surface area contributed by atoms with E-state index in [4.69, 9.17) is 11.6 Å². The number of aryl methyl sites for hydroxylation is 2. The molecule has 172 valence electrons. The van der Waals surface area contributed by atoms with E-state index in [-0.39, 0.29) is 29.7 Å². The lowest BCUT2D eigenvalue weighted by Gasteiger charge is -2.11. The maximum absolute atomic E-state index is 13.6. The van der Waals surface area contributed by atoms with Crippen LogP contribution in [0.3, 0.4) is 0 Å². The number of halogens is 2. The molecule has 8 nitrogen and oxygen atoms in total. The average Bonchev–Trinajstić information content (AvgIpc) is 3.07. The van der Waals surface area contributed by atoms with Crippen molar-refractivity contribution in [2.24, 2.45) is 5.92 Å². The Bertz CT molecular complexity index is 1240. The molecule has 1 aromatic carbocycles. The van der Waals surface area contributed by atoms with Gasteiger partial charge in [-0.15, -0.1) is 0 Å². The number of benzene rings is 1. The second-order valence-electron chi connectivity index (χ2n) is 8.15. The minimum atomic E-state index is -0.618. The van der Waals surface area contributed by atoms with Crippen molar-refractivity contribution < 1.29 is 9.18 Å². The molecular weight excluding hydrogens is 437 g/mol. The summed E-state index contributed by atoms with van der Waals surface area (Å²) in [6, 6.07) is 4.04. The topological polar surface area (TPSA) is 102 Å². The molecule has 0 saturated heterocycles. The third-order valence-electron chi connectivity index (χ3n) is 5.03. The summed E-state index contributed by atoms with van der Waals surface area (Å²) in [6.45, 7) is 7.01. The first kappa shape index (κ1) is 23.7. The van der Waals surface area contributed by atoms with Gasteiger partial charge in [-0.3, -0.25) is 19.1 Å². The van der Waals surface area contributed by atoms with Crippen LogP contribution in [0.1, 0.15) is 45.9 Å². The van der Waals surface area contributed by atoms with Crippen LogP contribution in [0.25, 0.3) is 11.2 Å². The number of anilines is 1. The number of nitrogens with zero attached hydrogens (tertiary/aromatic N) is 3. The fourth-order valence-electron chi connectivity index (χ4n) is 3.52. The van der Waals surface area contributed by atoms with Gasteiger partial charge in [0.2, 0.25) is 5.91 Å². The molecule has 0 spiro atoms. The third-order valence-corrected chi connectivity index (χ3v) is 5.33. The molecular formula is C22H27ClFN5O3. The molecule has 2 N–H and O–H groups in total. The number of carbonyl (C=O) groups is 1. The van der Waals surface area contributed by atoms with Crippen LogP contribution >= 0.6 is 11.6 Å². The molecule has 0 fully saturated rings. The molecule has 0 atom stereocenters. The van der Waals surface area contributed by atoms with Gasteiger partial charge in [-0.25, -0.2) is 14.2 Å². The lowest BCUT2D eigenvalue weighted by Crippen LogP contribution is -2.31. The van der Waals surface area contributed by atoms with Gasteiger partial charge in [0.25, 0.3) is 5.56 Å². The number of nitrogens with one attached hydrogen (secondary N) is 2. The summed E-state index contributed by atoms with van der Waals surface area (Å²) in [5, 5.41) is 2.61. The van der Waals surface area contributed by atoms with E-state index in [1.807, 2.05) is 20.8 Å². The van der Waals surface area contributed by atoms with Gasteiger partial charge < -0.3 is 9.88 Å². The van der Waals surface area contributed by atoms with Gasteiger partial charge in [0.15, 0.2) is 11.2 Å². The van der Waals surface area contributed by atoms with Crippen LogP contribution in [0, 0.1) is 11.7 Å². The summed E-state index contributed by atoms with van der Waals surface area (Å²) in [6.07, 6.45) is 1.99. The summed E-state index contributed by atoms with van der Waals surface area (Å²) in [7, 11) is 0. The number of hydrogen-bond donors (Lipinski definition) is 2. The number of aromatic nitrogens is 4. The molecule has 3 rings (SSSR count). The zero-order chi connectivity index (χ0) is 23.4. The summed E-state index contributed by atoms with van der Waals surface area (Å²) < 4.78 is 16.9. The van der Waals surface area contributed by atoms with E-state index in [0.717, 1.165) is 18.9 Å². The van der Waals surface area contributed by atoms with Crippen molar-refractivity contribution in [2.75, 3.05) is 5.32 Å². The van der Waals surface area contributed by atoms with Gasteiger partial charge >= 0.3 is 5.69 Å². The Morgan fingerprint density at radius 1 is 1.28 bits per heavy atom. The number of hydrogen-bond acceptors (Lipinski definition) is 4. The van der Waals surface area contributed by atoms with Crippen molar-refractivity contribution in [3.05, 3.63) is 55.7 Å². The number of H-pyrrole nitrogens is 1. The van der Waals surface area contributed by atoms with Crippen LogP contribution in [0.4, 0.5) is 10.1 Å². The monoisotopic (exact) mass is 463 g/mol. The van der Waals surface area contributed by atoms with Gasteiger partial charge in [-0.2, -0.15) is 0 Å². The van der Waals surface area contributed by atoms with Crippen LogP contribution in [0.2, 0.25) is 5.02 Å². The van der Waals surface area contributed by atoms with Crippen molar-refractivity contribution in [3.8, 4) is 0 Å². The molecule has 32 heavy (non-hydrogen) atoms. The van der Waals surface area contributed by atoms with Crippen molar-refractivity contribution in [1.29, 1.82) is 0 Å². The fourth-order valence-corrected chi connectivity index (χ4v) is 3.63. The third kappa shape index (κ3) is 5.27. The Labute approximate surface area is 189 Å². The smallest absolute Gasteiger partial charge is 0.326 e. The quantitative estimate of drug-likeness (QED) is 0.505. The maximum Gasteiger partial charge on any atom is 0.330 e. The number of unbranched alkanes of at least 4 members (excludes halogenated alkanes) is 1. The maximum atomic E-state index is 13.6. The minimum absolute atomic E-state index is 0.0234. The second kappa shape index (κ2) is 10.1. The normalized spacial score (nSPS) is 11.4. The predicted molar refractivity (Wildman–Crippen MR) is 123 cm³/mol. The molecule has 0 bridgehead atoms. The lowest BCUT2D eigenvalue weighted by atomic mass is 10.2. The molecule has 0 aliphatic rings. The number of aromatic amines is 1. The molecule has 0 aliphatic carbocycles. The molecule has 0 unspecified atom stereocenters. The van der Waals surface area contributed by atoms with Crippen molar-refractivity contribution in [3.63, 3.8) is 0 Å². The van der Waals surface area contributed by atoms with Crippen molar-refractivity contribution in [1.82, 2.24) is 19.1 Å². The average molecular weight is 464 g/mol. The van der Waals surface area contributed by atoms with Gasteiger partial charge in [-0.1, -0.05) is 38.8 Å². The van der Waals surface area contributed by atoms with Crippen LogP contribution in [-0.4, -0.2) is 25.0 Å². The van der Waals surface area contributed by atoms with Crippen LogP contribution in [0.5, 0.6) is 0 Å². The zero-order valence-corrected chi connectivity index (χ0v) is 19.1. The fraction of sp³-hybridized carbons (Fsp3) is 0.455. The predicted octanol–water partition coefficient (Wildman–Crippen LogP) is 3.71. The van der Waals surface area contributed by atoms with Gasteiger partial charge in [0, 0.05) is 31.6 Å². The highest BCUT2D eigenvalue weighted by atomic mass is 35.5. The second-order valence-corrected chi connectivity index (χ2v) is 8.55. The molecule has 0 aliphatic heterocycles. The van der Waals surface area contributed by atoms with E-state index in [1.54, 1.807) is 4.57 Å². The van der Waals surface area contributed by atoms with E-state index in [9.17, 15) is 18.8 Å². The van der Waals surface area contributed by atoms with Crippen LogP contribution in [-0.2, 0) is 24.3 Å². The Hall–Kier alpha value is -2.94. The van der Waals surface area contributed by atoms with Crippen LogP contribution < -0.4 is 16.6 Å². The van der Waals surface area contributed by atoms with Crippen LogP contribution in [0.15, 0.2) is 27.8 Å².